The van der Waals surface area contributed by atoms with Gasteiger partial charge in [0, 0.05) is 0 Å². The number of thiol groups is 1. The van der Waals surface area contributed by atoms with Gasteiger partial charge in [0.15, 0.2) is 11.9 Å². The highest BCUT2D eigenvalue weighted by atomic mass is 32.2. The van der Waals surface area contributed by atoms with Crippen molar-refractivity contribution >= 4 is 11.9 Å². The van der Waals surface area contributed by atoms with Gasteiger partial charge in [-0.05, 0) is 24.6 Å². The molecular weight excluding hydrogens is 148 g/mol. The quantitative estimate of drug-likeness (QED) is 0.652. The molecule has 0 aliphatic heterocycles. The molecule has 3 heteroatoms. The topological polar surface area (TPSA) is 26.3 Å². The molecule has 0 fully saturated rings. The standard InChI is InChI=1S/C7H8O2S/c1-6-3-2-4-7(5-6)9-10-8/h2-5,10H,1H3. The molecule has 0 amide bonds. The summed E-state index contributed by atoms with van der Waals surface area (Å²) in [6.07, 6.45) is 0. The van der Waals surface area contributed by atoms with E-state index in [0.717, 1.165) is 5.56 Å². The van der Waals surface area contributed by atoms with Crippen LogP contribution in [-0.2, 0) is 11.9 Å². The second-order valence-electron chi connectivity index (χ2n) is 1.98. The first-order chi connectivity index (χ1) is 4.83. The fraction of sp³-hybridized carbons (Fsp3) is 0.143. The van der Waals surface area contributed by atoms with Crippen molar-refractivity contribution in [3.8, 4) is 5.75 Å². The first-order valence-electron chi connectivity index (χ1n) is 2.89. The van der Waals surface area contributed by atoms with E-state index in [2.05, 4.69) is 0 Å². The van der Waals surface area contributed by atoms with E-state index in [1.165, 1.54) is 0 Å². The second-order valence-corrected chi connectivity index (χ2v) is 2.31. The lowest BCUT2D eigenvalue weighted by Gasteiger charge is -1.96. The van der Waals surface area contributed by atoms with Crippen molar-refractivity contribution in [3.05, 3.63) is 29.8 Å². The van der Waals surface area contributed by atoms with Crippen LogP contribution in [0.25, 0.3) is 0 Å². The minimum absolute atomic E-state index is 0.302. The zero-order valence-corrected chi connectivity index (χ0v) is 6.47. The number of rotatable bonds is 2. The van der Waals surface area contributed by atoms with Crippen molar-refractivity contribution in [2.24, 2.45) is 0 Å². The monoisotopic (exact) mass is 156 g/mol. The SMILES string of the molecule is Cc1cccc(O[SH]=O)c1. The summed E-state index contributed by atoms with van der Waals surface area (Å²) in [4.78, 5) is 0. The van der Waals surface area contributed by atoms with E-state index in [9.17, 15) is 4.21 Å². The smallest absolute Gasteiger partial charge is 0.193 e. The highest BCUT2D eigenvalue weighted by Crippen LogP contribution is 2.11. The Morgan fingerprint density at radius 2 is 2.30 bits per heavy atom. The van der Waals surface area contributed by atoms with Gasteiger partial charge in [0.2, 0.25) is 0 Å². The molecule has 10 heavy (non-hydrogen) atoms. The summed E-state index contributed by atoms with van der Waals surface area (Å²) >= 11 is -0.302. The third kappa shape index (κ3) is 1.84. The third-order valence-corrected chi connectivity index (χ3v) is 1.42. The Labute approximate surface area is 63.5 Å². The molecule has 1 rings (SSSR count). The molecule has 1 aromatic rings. The van der Waals surface area contributed by atoms with E-state index in [0.29, 0.717) is 5.75 Å². The van der Waals surface area contributed by atoms with Crippen LogP contribution in [0, 0.1) is 6.92 Å². The van der Waals surface area contributed by atoms with E-state index in [4.69, 9.17) is 4.18 Å². The van der Waals surface area contributed by atoms with E-state index in [-0.39, 0.29) is 11.9 Å². The molecule has 0 aliphatic rings. The normalized spacial score (nSPS) is 9.30. The van der Waals surface area contributed by atoms with Crippen LogP contribution in [0.5, 0.6) is 5.75 Å². The van der Waals surface area contributed by atoms with Gasteiger partial charge in [-0.15, -0.1) is 0 Å². The van der Waals surface area contributed by atoms with Crippen molar-refractivity contribution in [3.63, 3.8) is 0 Å². The van der Waals surface area contributed by atoms with Crippen LogP contribution in [-0.4, -0.2) is 4.21 Å². The number of hydrogen-bond donors (Lipinski definition) is 1. The van der Waals surface area contributed by atoms with E-state index in [1.54, 1.807) is 6.07 Å². The lowest BCUT2D eigenvalue weighted by atomic mass is 10.2. The lowest BCUT2D eigenvalue weighted by molar-refractivity contribution is 0.581. The van der Waals surface area contributed by atoms with Crippen LogP contribution < -0.4 is 4.18 Å². The molecule has 0 aromatic heterocycles. The first-order valence-corrected chi connectivity index (χ1v) is 3.62. The molecule has 54 valence electrons. The zero-order chi connectivity index (χ0) is 7.40. The van der Waals surface area contributed by atoms with Crippen molar-refractivity contribution < 1.29 is 8.39 Å². The Bertz CT molecular complexity index is 235. The molecule has 0 saturated heterocycles. The van der Waals surface area contributed by atoms with Gasteiger partial charge in [0.1, 0.15) is 5.75 Å². The van der Waals surface area contributed by atoms with E-state index < -0.39 is 0 Å². The Kier molecular flexibility index (Phi) is 2.45. The Morgan fingerprint density at radius 3 is 2.90 bits per heavy atom. The molecule has 1 aromatic carbocycles. The summed E-state index contributed by atoms with van der Waals surface area (Å²) in [7, 11) is 0. The maximum atomic E-state index is 9.96. The van der Waals surface area contributed by atoms with Gasteiger partial charge in [-0.1, -0.05) is 12.1 Å². The predicted molar refractivity (Wildman–Crippen MR) is 41.3 cm³/mol. The summed E-state index contributed by atoms with van der Waals surface area (Å²) in [5.41, 5.74) is 1.10. The molecule has 0 radical (unpaired) electrons. The molecule has 0 unspecified atom stereocenters. The van der Waals surface area contributed by atoms with E-state index >= 15 is 0 Å². The first kappa shape index (κ1) is 7.28. The summed E-state index contributed by atoms with van der Waals surface area (Å²) in [6, 6.07) is 7.40. The molecule has 0 heterocycles. The molecule has 0 saturated carbocycles. The van der Waals surface area contributed by atoms with Crippen molar-refractivity contribution in [2.75, 3.05) is 0 Å². The third-order valence-electron chi connectivity index (χ3n) is 1.13. The highest BCUT2D eigenvalue weighted by Gasteiger charge is 1.89. The van der Waals surface area contributed by atoms with Crippen molar-refractivity contribution in [1.29, 1.82) is 0 Å². The van der Waals surface area contributed by atoms with E-state index in [1.807, 2.05) is 25.1 Å². The zero-order valence-electron chi connectivity index (χ0n) is 5.57. The van der Waals surface area contributed by atoms with Crippen LogP contribution in [0.15, 0.2) is 24.3 Å². The van der Waals surface area contributed by atoms with Gasteiger partial charge in [0.05, 0.1) is 0 Å². The van der Waals surface area contributed by atoms with Gasteiger partial charge in [-0.3, -0.25) is 0 Å². The molecule has 0 atom stereocenters. The summed E-state index contributed by atoms with van der Waals surface area (Å²) < 4.78 is 14.7. The Balaban J connectivity index is 2.84. The largest absolute Gasteiger partial charge is 0.403 e. The van der Waals surface area contributed by atoms with Gasteiger partial charge in [-0.2, -0.15) is 0 Å². The predicted octanol–water partition coefficient (Wildman–Crippen LogP) is 1.23. The number of benzene rings is 1. The summed E-state index contributed by atoms with van der Waals surface area (Å²) in [5, 5.41) is 0. The highest BCUT2D eigenvalue weighted by molar-refractivity contribution is 7.60. The molecular formula is C7H8O2S. The second kappa shape index (κ2) is 3.37. The molecule has 0 bridgehead atoms. The van der Waals surface area contributed by atoms with Crippen molar-refractivity contribution in [1.82, 2.24) is 0 Å². The Hall–Kier alpha value is -0.830. The summed E-state index contributed by atoms with van der Waals surface area (Å²) in [6.45, 7) is 1.95. The average molecular weight is 156 g/mol. The van der Waals surface area contributed by atoms with Gasteiger partial charge in [0.25, 0.3) is 0 Å². The van der Waals surface area contributed by atoms with Crippen LogP contribution in [0.3, 0.4) is 0 Å². The Morgan fingerprint density at radius 1 is 1.50 bits per heavy atom. The van der Waals surface area contributed by atoms with Gasteiger partial charge < -0.3 is 4.18 Å². The minimum atomic E-state index is -0.302. The number of aryl methyl sites for hydroxylation is 1. The molecule has 2 nitrogen and oxygen atoms in total. The average Bonchev–Trinajstić information content (AvgIpc) is 1.88. The van der Waals surface area contributed by atoms with Gasteiger partial charge in [-0.25, -0.2) is 4.21 Å². The maximum Gasteiger partial charge on any atom is 0.193 e. The van der Waals surface area contributed by atoms with Crippen LogP contribution >= 0.6 is 0 Å². The maximum absolute atomic E-state index is 9.96. The summed E-state index contributed by atoms with van der Waals surface area (Å²) in [5.74, 6) is 0.636. The fourth-order valence-electron chi connectivity index (χ4n) is 0.715. The fourth-order valence-corrected chi connectivity index (χ4v) is 0.915. The number of hydrogen-bond acceptors (Lipinski definition) is 2. The van der Waals surface area contributed by atoms with Crippen LogP contribution in [0.2, 0.25) is 0 Å². The minimum Gasteiger partial charge on any atom is -0.403 e. The van der Waals surface area contributed by atoms with Crippen LogP contribution in [0.4, 0.5) is 0 Å². The molecule has 0 N–H and O–H groups in total. The van der Waals surface area contributed by atoms with Crippen LogP contribution in [0.1, 0.15) is 5.56 Å². The molecule has 0 aliphatic carbocycles. The lowest BCUT2D eigenvalue weighted by Crippen LogP contribution is -1.83. The van der Waals surface area contributed by atoms with Gasteiger partial charge >= 0.3 is 0 Å². The van der Waals surface area contributed by atoms with Crippen molar-refractivity contribution in [2.45, 2.75) is 6.92 Å². The molecule has 0 spiro atoms.